The van der Waals surface area contributed by atoms with E-state index in [4.69, 9.17) is 0 Å². The number of aromatic hydroxyl groups is 1. The van der Waals surface area contributed by atoms with E-state index in [2.05, 4.69) is 93.7 Å². The van der Waals surface area contributed by atoms with Crippen molar-refractivity contribution in [2.24, 2.45) is 5.92 Å². The fourth-order valence-electron chi connectivity index (χ4n) is 10.2. The monoisotopic (exact) mass is 737 g/mol. The summed E-state index contributed by atoms with van der Waals surface area (Å²) in [5, 5.41) is 12.7. The summed E-state index contributed by atoms with van der Waals surface area (Å²) in [5.41, 5.74) is 9.39. The standard InChI is InChI=1S/C46H51N5O4/c1-30-25-41(32-5-3-2-4-6-32)44(39-14-12-37(52)27-40(30)39)33-7-9-35(10-8-33)49-19-17-31(18-20-49)28-48-21-23-50(24-22-48)36-11-13-38-34(26-36)29-51(46(38)55)42-15-16-43(53)47-45(42)54/h2-14,26-27,30-31,41-42,44,52H,15-25,28-29H2,1H3,(H,47,53,54)/t30-,41+,42-,44+/m0/s1. The number of imide groups is 1. The number of rotatable bonds is 7. The van der Waals surface area contributed by atoms with Gasteiger partial charge in [0.05, 0.1) is 0 Å². The number of carbonyl (C=O) groups is 3. The molecule has 4 heterocycles. The van der Waals surface area contributed by atoms with E-state index < -0.39 is 6.04 Å². The predicted octanol–water partition coefficient (Wildman–Crippen LogP) is 6.61. The van der Waals surface area contributed by atoms with Crippen molar-refractivity contribution in [2.75, 3.05) is 55.6 Å². The van der Waals surface area contributed by atoms with E-state index in [1.54, 1.807) is 4.90 Å². The van der Waals surface area contributed by atoms with Crippen molar-refractivity contribution in [1.29, 1.82) is 0 Å². The van der Waals surface area contributed by atoms with E-state index in [1.807, 2.05) is 24.3 Å². The first-order valence-corrected chi connectivity index (χ1v) is 20.3. The number of anilines is 2. The van der Waals surface area contributed by atoms with Crippen LogP contribution in [0.25, 0.3) is 0 Å². The number of carbonyl (C=O) groups excluding carboxylic acids is 3. The van der Waals surface area contributed by atoms with Crippen molar-refractivity contribution in [3.63, 3.8) is 0 Å². The normalized spacial score (nSPS) is 24.8. The number of nitrogens with zero attached hydrogens (tertiary/aromatic N) is 4. The first-order valence-electron chi connectivity index (χ1n) is 20.3. The number of piperidine rings is 2. The molecule has 0 bridgehead atoms. The van der Waals surface area contributed by atoms with Crippen LogP contribution in [-0.2, 0) is 16.1 Å². The number of hydrogen-bond acceptors (Lipinski definition) is 7. The topological polar surface area (TPSA) is 96.4 Å². The number of benzene rings is 4. The van der Waals surface area contributed by atoms with Crippen LogP contribution >= 0.6 is 0 Å². The number of hydrogen-bond donors (Lipinski definition) is 2. The Morgan fingerprint density at radius 1 is 0.727 bits per heavy atom. The van der Waals surface area contributed by atoms with Crippen LogP contribution in [0.4, 0.5) is 11.4 Å². The lowest BCUT2D eigenvalue weighted by atomic mass is 9.66. The zero-order valence-corrected chi connectivity index (χ0v) is 31.7. The lowest BCUT2D eigenvalue weighted by Gasteiger charge is -2.40. The van der Waals surface area contributed by atoms with E-state index in [9.17, 15) is 19.5 Å². The molecule has 3 saturated heterocycles. The summed E-state index contributed by atoms with van der Waals surface area (Å²) >= 11 is 0. The minimum absolute atomic E-state index is 0.122. The van der Waals surface area contributed by atoms with Crippen LogP contribution in [-0.4, -0.2) is 84.5 Å². The van der Waals surface area contributed by atoms with E-state index in [0.717, 1.165) is 63.5 Å². The van der Waals surface area contributed by atoms with Gasteiger partial charge in [0.2, 0.25) is 11.8 Å². The highest BCUT2D eigenvalue weighted by atomic mass is 16.3. The minimum Gasteiger partial charge on any atom is -0.508 e. The van der Waals surface area contributed by atoms with Gasteiger partial charge in [0.1, 0.15) is 11.8 Å². The fourth-order valence-corrected chi connectivity index (χ4v) is 10.2. The van der Waals surface area contributed by atoms with Crippen LogP contribution in [0.5, 0.6) is 5.75 Å². The molecule has 9 heteroatoms. The molecule has 5 aliphatic rings. The average molecular weight is 738 g/mol. The molecule has 0 spiro atoms. The third-order valence-electron chi connectivity index (χ3n) is 13.2. The molecule has 284 valence electrons. The maximum Gasteiger partial charge on any atom is 0.255 e. The lowest BCUT2D eigenvalue weighted by Crippen LogP contribution is -2.52. The third-order valence-corrected chi connectivity index (χ3v) is 13.2. The SMILES string of the molecule is C[C@H]1C[C@H](c2ccccc2)[C@H](c2ccc(N3CCC(CN4CCN(c5ccc6c(c5)CN([C@H]5CCC(=O)NC5=O)C6=O)CC4)CC3)cc2)c2ccc(O)cc21. The van der Waals surface area contributed by atoms with Gasteiger partial charge in [0.15, 0.2) is 0 Å². The van der Waals surface area contributed by atoms with Gasteiger partial charge in [0.25, 0.3) is 5.91 Å². The second kappa shape index (κ2) is 14.8. The lowest BCUT2D eigenvalue weighted by molar-refractivity contribution is -0.136. The van der Waals surface area contributed by atoms with Crippen molar-refractivity contribution < 1.29 is 19.5 Å². The van der Waals surface area contributed by atoms with E-state index in [-0.39, 0.29) is 30.1 Å². The molecule has 0 aromatic heterocycles. The Kier molecular flexibility index (Phi) is 9.58. The second-order valence-electron chi connectivity index (χ2n) is 16.5. The molecule has 3 fully saturated rings. The van der Waals surface area contributed by atoms with Crippen LogP contribution in [0, 0.1) is 5.92 Å². The second-order valence-corrected chi connectivity index (χ2v) is 16.5. The highest BCUT2D eigenvalue weighted by molar-refractivity contribution is 6.05. The Bertz CT molecular complexity index is 2070. The molecule has 55 heavy (non-hydrogen) atoms. The van der Waals surface area contributed by atoms with Gasteiger partial charge in [-0.15, -0.1) is 0 Å². The molecule has 1 aliphatic carbocycles. The van der Waals surface area contributed by atoms with Crippen LogP contribution in [0.2, 0.25) is 0 Å². The Morgan fingerprint density at radius 3 is 2.20 bits per heavy atom. The van der Waals surface area contributed by atoms with Crippen LogP contribution < -0.4 is 15.1 Å². The first-order chi connectivity index (χ1) is 26.8. The molecule has 9 nitrogen and oxygen atoms in total. The van der Waals surface area contributed by atoms with Gasteiger partial charge in [-0.2, -0.15) is 0 Å². The van der Waals surface area contributed by atoms with Gasteiger partial charge >= 0.3 is 0 Å². The van der Waals surface area contributed by atoms with Crippen molar-refractivity contribution in [2.45, 2.75) is 69.4 Å². The van der Waals surface area contributed by atoms with Gasteiger partial charge in [-0.1, -0.05) is 55.5 Å². The molecular weight excluding hydrogens is 687 g/mol. The largest absolute Gasteiger partial charge is 0.508 e. The smallest absolute Gasteiger partial charge is 0.255 e. The Labute approximate surface area is 323 Å². The van der Waals surface area contributed by atoms with E-state index in [1.165, 1.54) is 40.8 Å². The number of piperazine rings is 1. The molecule has 9 rings (SSSR count). The van der Waals surface area contributed by atoms with Gasteiger partial charge in [-0.3, -0.25) is 24.6 Å². The number of fused-ring (bicyclic) bond motifs is 2. The van der Waals surface area contributed by atoms with Crippen LogP contribution in [0.1, 0.15) is 95.0 Å². The molecular formula is C46H51N5O4. The zero-order valence-electron chi connectivity index (χ0n) is 31.7. The molecule has 4 atom stereocenters. The summed E-state index contributed by atoms with van der Waals surface area (Å²) in [4.78, 5) is 46.5. The van der Waals surface area contributed by atoms with E-state index >= 15 is 0 Å². The predicted molar refractivity (Wildman–Crippen MR) is 215 cm³/mol. The Morgan fingerprint density at radius 2 is 1.45 bits per heavy atom. The molecule has 0 radical (unpaired) electrons. The average Bonchev–Trinajstić information content (AvgIpc) is 3.53. The maximum atomic E-state index is 13.2. The third kappa shape index (κ3) is 6.99. The maximum absolute atomic E-state index is 13.2. The van der Waals surface area contributed by atoms with Crippen LogP contribution in [0.3, 0.4) is 0 Å². The Hall–Kier alpha value is -5.15. The summed E-state index contributed by atoms with van der Waals surface area (Å²) < 4.78 is 0. The highest BCUT2D eigenvalue weighted by Gasteiger charge is 2.40. The fraction of sp³-hybridized carbons (Fsp3) is 0.413. The molecule has 0 saturated carbocycles. The van der Waals surface area contributed by atoms with Crippen molar-refractivity contribution in [3.05, 3.63) is 124 Å². The number of phenolic OH excluding ortho intramolecular Hbond substituents is 1. The summed E-state index contributed by atoms with van der Waals surface area (Å²) in [6.07, 6.45) is 4.08. The molecule has 0 unspecified atom stereocenters. The summed E-state index contributed by atoms with van der Waals surface area (Å²) in [7, 11) is 0. The van der Waals surface area contributed by atoms with E-state index in [0.29, 0.717) is 42.0 Å². The van der Waals surface area contributed by atoms with Gasteiger partial charge in [-0.05, 0) is 114 Å². The molecule has 4 aromatic rings. The summed E-state index contributed by atoms with van der Waals surface area (Å²) in [5.74, 6) is 1.29. The first kappa shape index (κ1) is 35.5. The molecule has 2 N–H and O–H groups in total. The zero-order chi connectivity index (χ0) is 37.6. The summed E-state index contributed by atoms with van der Waals surface area (Å²) in [6, 6.07) is 31.8. The number of phenols is 1. The number of amides is 3. The van der Waals surface area contributed by atoms with Crippen molar-refractivity contribution >= 4 is 29.1 Å². The molecule has 3 amide bonds. The van der Waals surface area contributed by atoms with Gasteiger partial charge in [-0.25, -0.2) is 0 Å². The molecule has 4 aromatic carbocycles. The number of nitrogens with one attached hydrogen (secondary N) is 1. The minimum atomic E-state index is -0.586. The van der Waals surface area contributed by atoms with Crippen molar-refractivity contribution in [3.8, 4) is 5.75 Å². The van der Waals surface area contributed by atoms with Crippen molar-refractivity contribution in [1.82, 2.24) is 15.1 Å². The van der Waals surface area contributed by atoms with Crippen LogP contribution in [0.15, 0.2) is 91.0 Å². The Balaban J connectivity index is 0.786. The summed E-state index contributed by atoms with van der Waals surface area (Å²) in [6.45, 7) is 9.92. The molecule has 4 aliphatic heterocycles. The van der Waals surface area contributed by atoms with Gasteiger partial charge in [0, 0.05) is 81.6 Å². The van der Waals surface area contributed by atoms with Gasteiger partial charge < -0.3 is 19.8 Å². The quantitative estimate of drug-likeness (QED) is 0.206. The highest BCUT2D eigenvalue weighted by Crippen LogP contribution is 2.51.